The summed E-state index contributed by atoms with van der Waals surface area (Å²) in [5.74, 6) is 1.73. The second-order valence-corrected chi connectivity index (χ2v) is 8.18. The van der Waals surface area contributed by atoms with E-state index in [2.05, 4.69) is 32.5 Å². The van der Waals surface area contributed by atoms with Crippen LogP contribution in [-0.4, -0.2) is 34.9 Å². The van der Waals surface area contributed by atoms with Gasteiger partial charge in [0.2, 0.25) is 5.91 Å². The van der Waals surface area contributed by atoms with Crippen molar-refractivity contribution in [2.45, 2.75) is 24.2 Å². The van der Waals surface area contributed by atoms with Crippen molar-refractivity contribution in [1.82, 2.24) is 10.2 Å². The zero-order valence-corrected chi connectivity index (χ0v) is 17.1. The number of carbonyl (C=O) groups excluding carboxylic acids is 1. The second kappa shape index (κ2) is 9.56. The highest BCUT2D eigenvalue weighted by molar-refractivity contribution is 7.99. The minimum Gasteiger partial charge on any atom is -0.355 e. The number of hydrogen-bond donors (Lipinski definition) is 1. The van der Waals surface area contributed by atoms with Crippen LogP contribution in [0.5, 0.6) is 0 Å². The van der Waals surface area contributed by atoms with Gasteiger partial charge in [-0.1, -0.05) is 30.3 Å². The Hall–Kier alpha value is -2.86. The highest BCUT2D eigenvalue weighted by atomic mass is 32.2. The van der Waals surface area contributed by atoms with Gasteiger partial charge in [0, 0.05) is 41.4 Å². The predicted molar refractivity (Wildman–Crippen MR) is 119 cm³/mol. The molecule has 1 aliphatic heterocycles. The minimum atomic E-state index is 0.0240. The van der Waals surface area contributed by atoms with Crippen molar-refractivity contribution < 1.29 is 4.79 Å². The molecular formula is C23H24N4OS. The molecule has 1 aromatic heterocycles. The summed E-state index contributed by atoms with van der Waals surface area (Å²) in [6.07, 6.45) is 2.92. The molecule has 148 valence electrons. The van der Waals surface area contributed by atoms with E-state index in [1.807, 2.05) is 54.6 Å². The van der Waals surface area contributed by atoms with Crippen LogP contribution in [0.2, 0.25) is 0 Å². The fourth-order valence-corrected chi connectivity index (χ4v) is 4.19. The Kier molecular flexibility index (Phi) is 6.42. The van der Waals surface area contributed by atoms with Gasteiger partial charge in [-0.25, -0.2) is 0 Å². The van der Waals surface area contributed by atoms with Gasteiger partial charge in [-0.15, -0.1) is 22.0 Å². The van der Waals surface area contributed by atoms with Crippen LogP contribution in [0.3, 0.4) is 0 Å². The summed E-state index contributed by atoms with van der Waals surface area (Å²) in [4.78, 5) is 15.6. The molecule has 2 heterocycles. The Morgan fingerprint density at radius 2 is 1.69 bits per heavy atom. The third-order valence-electron chi connectivity index (χ3n) is 4.89. The highest BCUT2D eigenvalue weighted by Crippen LogP contribution is 2.23. The van der Waals surface area contributed by atoms with Crippen molar-refractivity contribution in [3.8, 4) is 11.3 Å². The summed E-state index contributed by atoms with van der Waals surface area (Å²) >= 11 is 1.69. The number of nitrogens with zero attached hydrogens (tertiary/aromatic N) is 3. The third kappa shape index (κ3) is 5.35. The Morgan fingerprint density at radius 3 is 2.38 bits per heavy atom. The lowest BCUT2D eigenvalue weighted by Gasteiger charge is -2.15. The largest absolute Gasteiger partial charge is 0.355 e. The number of carbonyl (C=O) groups is 1. The van der Waals surface area contributed by atoms with E-state index in [1.165, 1.54) is 17.7 Å². The van der Waals surface area contributed by atoms with E-state index in [-0.39, 0.29) is 5.91 Å². The molecule has 0 unspecified atom stereocenters. The first kappa shape index (κ1) is 19.5. The molecule has 1 N–H and O–H groups in total. The van der Waals surface area contributed by atoms with E-state index in [9.17, 15) is 4.79 Å². The van der Waals surface area contributed by atoms with Crippen LogP contribution in [0.4, 0.5) is 11.5 Å². The first-order valence-corrected chi connectivity index (χ1v) is 10.9. The molecule has 2 aromatic carbocycles. The summed E-state index contributed by atoms with van der Waals surface area (Å²) in [5.41, 5.74) is 2.62. The van der Waals surface area contributed by atoms with E-state index >= 15 is 0 Å². The molecule has 1 saturated heterocycles. The van der Waals surface area contributed by atoms with Crippen LogP contribution < -0.4 is 10.2 Å². The van der Waals surface area contributed by atoms with Gasteiger partial charge in [0.25, 0.3) is 0 Å². The third-order valence-corrected chi connectivity index (χ3v) is 5.90. The lowest BCUT2D eigenvalue weighted by molar-refractivity contribution is -0.115. The van der Waals surface area contributed by atoms with Crippen molar-refractivity contribution in [3.05, 3.63) is 66.7 Å². The Bertz CT molecular complexity index is 923. The lowest BCUT2D eigenvalue weighted by atomic mass is 10.1. The molecule has 4 rings (SSSR count). The maximum absolute atomic E-state index is 12.2. The summed E-state index contributed by atoms with van der Waals surface area (Å²) < 4.78 is 0. The molecule has 0 bridgehead atoms. The number of nitrogens with one attached hydrogen (secondary N) is 1. The van der Waals surface area contributed by atoms with Crippen molar-refractivity contribution >= 4 is 29.2 Å². The molecule has 1 amide bonds. The fourth-order valence-electron chi connectivity index (χ4n) is 3.32. The number of amides is 1. The zero-order chi connectivity index (χ0) is 19.9. The minimum absolute atomic E-state index is 0.0240. The van der Waals surface area contributed by atoms with Crippen molar-refractivity contribution in [1.29, 1.82) is 0 Å². The molecule has 6 heteroatoms. The van der Waals surface area contributed by atoms with E-state index in [1.54, 1.807) is 11.8 Å². The smallest absolute Gasteiger partial charge is 0.225 e. The normalized spacial score (nSPS) is 13.4. The standard InChI is InChI=1S/C23H24N4OS/c28-23(14-17-29-20-6-2-1-3-7-20)24-19-10-8-18(9-11-19)21-12-13-22(26-25-21)27-15-4-5-16-27/h1-3,6-13H,4-5,14-17H2,(H,24,28). The molecule has 0 spiro atoms. The maximum atomic E-state index is 12.2. The van der Waals surface area contributed by atoms with Gasteiger partial charge in [-0.2, -0.15) is 0 Å². The SMILES string of the molecule is O=C(CCSc1ccccc1)Nc1ccc(-c2ccc(N3CCCC3)nn2)cc1. The zero-order valence-electron chi connectivity index (χ0n) is 16.3. The average molecular weight is 405 g/mol. The Balaban J connectivity index is 1.28. The molecule has 0 aliphatic carbocycles. The first-order chi connectivity index (χ1) is 14.3. The Morgan fingerprint density at radius 1 is 0.931 bits per heavy atom. The number of benzene rings is 2. The summed E-state index contributed by atoms with van der Waals surface area (Å²) in [6, 6.07) is 21.9. The van der Waals surface area contributed by atoms with Crippen molar-refractivity contribution in [2.24, 2.45) is 0 Å². The molecule has 1 aliphatic rings. The van der Waals surface area contributed by atoms with Gasteiger partial charge in [-0.3, -0.25) is 4.79 Å². The van der Waals surface area contributed by atoms with E-state index < -0.39 is 0 Å². The number of anilines is 2. The van der Waals surface area contributed by atoms with Crippen LogP contribution in [0.15, 0.2) is 71.6 Å². The topological polar surface area (TPSA) is 58.1 Å². The van der Waals surface area contributed by atoms with E-state index in [0.29, 0.717) is 6.42 Å². The molecule has 0 radical (unpaired) electrons. The van der Waals surface area contributed by atoms with Gasteiger partial charge in [0.15, 0.2) is 5.82 Å². The van der Waals surface area contributed by atoms with Crippen LogP contribution in [0.1, 0.15) is 19.3 Å². The van der Waals surface area contributed by atoms with Gasteiger partial charge in [-0.05, 0) is 49.2 Å². The maximum Gasteiger partial charge on any atom is 0.225 e. The summed E-state index contributed by atoms with van der Waals surface area (Å²) in [7, 11) is 0. The molecule has 3 aromatic rings. The highest BCUT2D eigenvalue weighted by Gasteiger charge is 2.14. The molecular weight excluding hydrogens is 380 g/mol. The van der Waals surface area contributed by atoms with E-state index in [0.717, 1.165) is 41.6 Å². The summed E-state index contributed by atoms with van der Waals surface area (Å²) in [5, 5.41) is 11.7. The number of aromatic nitrogens is 2. The average Bonchev–Trinajstić information content (AvgIpc) is 3.30. The molecule has 29 heavy (non-hydrogen) atoms. The number of hydrogen-bond acceptors (Lipinski definition) is 5. The fraction of sp³-hybridized carbons (Fsp3) is 0.261. The van der Waals surface area contributed by atoms with Gasteiger partial charge < -0.3 is 10.2 Å². The number of rotatable bonds is 7. The first-order valence-electron chi connectivity index (χ1n) is 9.95. The predicted octanol–water partition coefficient (Wildman–Crippen LogP) is 4.86. The second-order valence-electron chi connectivity index (χ2n) is 7.01. The summed E-state index contributed by atoms with van der Waals surface area (Å²) in [6.45, 7) is 2.12. The quantitative estimate of drug-likeness (QED) is 0.570. The van der Waals surface area contributed by atoms with Gasteiger partial charge in [0.1, 0.15) is 0 Å². The van der Waals surface area contributed by atoms with Crippen LogP contribution in [0, 0.1) is 0 Å². The molecule has 5 nitrogen and oxygen atoms in total. The van der Waals surface area contributed by atoms with E-state index in [4.69, 9.17) is 0 Å². The molecule has 1 fully saturated rings. The van der Waals surface area contributed by atoms with Crippen molar-refractivity contribution in [2.75, 3.05) is 29.1 Å². The number of thioether (sulfide) groups is 1. The molecule has 0 saturated carbocycles. The van der Waals surface area contributed by atoms with Gasteiger partial charge >= 0.3 is 0 Å². The molecule has 0 atom stereocenters. The van der Waals surface area contributed by atoms with Gasteiger partial charge in [0.05, 0.1) is 5.69 Å². The monoisotopic (exact) mass is 404 g/mol. The van der Waals surface area contributed by atoms with Crippen LogP contribution in [-0.2, 0) is 4.79 Å². The van der Waals surface area contributed by atoms with Crippen LogP contribution >= 0.6 is 11.8 Å². The van der Waals surface area contributed by atoms with Crippen molar-refractivity contribution in [3.63, 3.8) is 0 Å². The Labute approximate surface area is 175 Å². The lowest BCUT2D eigenvalue weighted by Crippen LogP contribution is -2.19. The van der Waals surface area contributed by atoms with Crippen LogP contribution in [0.25, 0.3) is 11.3 Å².